The van der Waals surface area contributed by atoms with Crippen LogP contribution in [0.3, 0.4) is 0 Å². The maximum atomic E-state index is 8.76. The van der Waals surface area contributed by atoms with Crippen LogP contribution >= 0.6 is 0 Å². The van der Waals surface area contributed by atoms with Gasteiger partial charge >= 0.3 is 0 Å². The Labute approximate surface area is 128 Å². The molecule has 2 aromatic heterocycles. The second kappa shape index (κ2) is 6.47. The van der Waals surface area contributed by atoms with Crippen molar-refractivity contribution in [1.29, 1.82) is 5.26 Å². The standard InChI is InChI=1S/C15H16N6O/c1-10-19-13(14-9-22-5-4-17-14)6-15(20-10)21-12-3-2-11(7-16)18-8-12/h2-3,6,8,14,17H,4-5,9H2,1H3,(H,19,20,21). The van der Waals surface area contributed by atoms with Crippen LogP contribution < -0.4 is 10.6 Å². The highest BCUT2D eigenvalue weighted by molar-refractivity contribution is 5.55. The predicted molar refractivity (Wildman–Crippen MR) is 80.6 cm³/mol. The van der Waals surface area contributed by atoms with Crippen LogP contribution in [-0.4, -0.2) is 34.7 Å². The number of rotatable bonds is 3. The van der Waals surface area contributed by atoms with E-state index in [1.54, 1.807) is 18.3 Å². The maximum Gasteiger partial charge on any atom is 0.140 e. The molecule has 1 atom stereocenters. The number of morpholine rings is 1. The Morgan fingerprint density at radius 1 is 1.41 bits per heavy atom. The van der Waals surface area contributed by atoms with E-state index >= 15 is 0 Å². The van der Waals surface area contributed by atoms with Crippen LogP contribution in [0.2, 0.25) is 0 Å². The first-order chi connectivity index (χ1) is 10.7. The van der Waals surface area contributed by atoms with E-state index in [1.165, 1.54) is 0 Å². The Balaban J connectivity index is 1.80. The number of nitrogens with one attached hydrogen (secondary N) is 2. The van der Waals surface area contributed by atoms with Crippen molar-refractivity contribution in [3.8, 4) is 6.07 Å². The molecular weight excluding hydrogens is 280 g/mol. The number of hydrogen-bond donors (Lipinski definition) is 2. The number of aryl methyl sites for hydroxylation is 1. The molecule has 1 fully saturated rings. The lowest BCUT2D eigenvalue weighted by Crippen LogP contribution is -2.35. The third kappa shape index (κ3) is 3.36. The number of ether oxygens (including phenoxy) is 1. The van der Waals surface area contributed by atoms with Gasteiger partial charge in [0, 0.05) is 12.6 Å². The van der Waals surface area contributed by atoms with Crippen LogP contribution in [0.1, 0.15) is 23.3 Å². The van der Waals surface area contributed by atoms with Crippen LogP contribution in [0.15, 0.2) is 24.4 Å². The molecule has 1 unspecified atom stereocenters. The van der Waals surface area contributed by atoms with Crippen LogP contribution in [0.4, 0.5) is 11.5 Å². The maximum absolute atomic E-state index is 8.76. The fourth-order valence-corrected chi connectivity index (χ4v) is 2.27. The van der Waals surface area contributed by atoms with Crippen molar-refractivity contribution in [3.05, 3.63) is 41.6 Å². The van der Waals surface area contributed by atoms with Gasteiger partial charge in [-0.2, -0.15) is 5.26 Å². The van der Waals surface area contributed by atoms with E-state index in [1.807, 2.05) is 19.1 Å². The van der Waals surface area contributed by atoms with E-state index in [4.69, 9.17) is 10.00 Å². The largest absolute Gasteiger partial charge is 0.378 e. The zero-order valence-electron chi connectivity index (χ0n) is 12.2. The van der Waals surface area contributed by atoms with Gasteiger partial charge in [-0.1, -0.05) is 0 Å². The molecule has 0 bridgehead atoms. The third-order valence-corrected chi connectivity index (χ3v) is 3.29. The summed E-state index contributed by atoms with van der Waals surface area (Å²) in [6, 6.07) is 7.43. The van der Waals surface area contributed by atoms with Crippen molar-refractivity contribution < 1.29 is 4.74 Å². The molecule has 0 spiro atoms. The number of nitriles is 1. The van der Waals surface area contributed by atoms with Crippen molar-refractivity contribution in [1.82, 2.24) is 20.3 Å². The molecule has 0 saturated carbocycles. The minimum absolute atomic E-state index is 0.0788. The summed E-state index contributed by atoms with van der Waals surface area (Å²) in [5.74, 6) is 1.38. The normalized spacial score (nSPS) is 17.7. The summed E-state index contributed by atoms with van der Waals surface area (Å²) < 4.78 is 5.48. The monoisotopic (exact) mass is 296 g/mol. The average molecular weight is 296 g/mol. The summed E-state index contributed by atoms with van der Waals surface area (Å²) in [6.45, 7) is 4.00. The van der Waals surface area contributed by atoms with E-state index < -0.39 is 0 Å². The van der Waals surface area contributed by atoms with Gasteiger partial charge in [-0.25, -0.2) is 15.0 Å². The molecule has 2 N–H and O–H groups in total. The molecule has 3 heterocycles. The van der Waals surface area contributed by atoms with Crippen molar-refractivity contribution in [2.75, 3.05) is 25.1 Å². The van der Waals surface area contributed by atoms with Gasteiger partial charge in [0.1, 0.15) is 23.4 Å². The Morgan fingerprint density at radius 2 is 2.32 bits per heavy atom. The quantitative estimate of drug-likeness (QED) is 0.885. The van der Waals surface area contributed by atoms with Crippen LogP contribution in [-0.2, 0) is 4.74 Å². The molecule has 0 radical (unpaired) electrons. The summed E-state index contributed by atoms with van der Waals surface area (Å²) in [6.07, 6.45) is 1.61. The van der Waals surface area contributed by atoms with Crippen molar-refractivity contribution in [3.63, 3.8) is 0 Å². The van der Waals surface area contributed by atoms with Gasteiger partial charge in [0.2, 0.25) is 0 Å². The third-order valence-electron chi connectivity index (χ3n) is 3.29. The minimum Gasteiger partial charge on any atom is -0.378 e. The van der Waals surface area contributed by atoms with E-state index in [-0.39, 0.29) is 6.04 Å². The Morgan fingerprint density at radius 3 is 3.00 bits per heavy atom. The molecule has 1 aliphatic heterocycles. The zero-order chi connectivity index (χ0) is 15.4. The molecule has 3 rings (SSSR count). The molecule has 112 valence electrons. The molecule has 1 aliphatic rings. The van der Waals surface area contributed by atoms with Gasteiger partial charge in [0.15, 0.2) is 0 Å². The lowest BCUT2D eigenvalue weighted by atomic mass is 10.2. The summed E-state index contributed by atoms with van der Waals surface area (Å²) in [5, 5.41) is 15.3. The summed E-state index contributed by atoms with van der Waals surface area (Å²) in [5.41, 5.74) is 2.06. The van der Waals surface area contributed by atoms with Crippen LogP contribution in [0, 0.1) is 18.3 Å². The number of nitrogens with zero attached hydrogens (tertiary/aromatic N) is 4. The highest BCUT2D eigenvalue weighted by Crippen LogP contribution is 2.19. The van der Waals surface area contributed by atoms with E-state index in [2.05, 4.69) is 25.6 Å². The summed E-state index contributed by atoms with van der Waals surface area (Å²) in [4.78, 5) is 12.9. The van der Waals surface area contributed by atoms with Crippen molar-refractivity contribution >= 4 is 11.5 Å². The average Bonchev–Trinajstić information content (AvgIpc) is 2.56. The molecule has 22 heavy (non-hydrogen) atoms. The fraction of sp³-hybridized carbons (Fsp3) is 0.333. The van der Waals surface area contributed by atoms with Crippen LogP contribution in [0.25, 0.3) is 0 Å². The second-order valence-corrected chi connectivity index (χ2v) is 4.98. The molecule has 0 aromatic carbocycles. The zero-order valence-corrected chi connectivity index (χ0v) is 12.2. The number of pyridine rings is 1. The van der Waals surface area contributed by atoms with Crippen molar-refractivity contribution in [2.45, 2.75) is 13.0 Å². The lowest BCUT2D eigenvalue weighted by Gasteiger charge is -2.23. The molecule has 7 nitrogen and oxygen atoms in total. The van der Waals surface area contributed by atoms with E-state index in [9.17, 15) is 0 Å². The topological polar surface area (TPSA) is 95.8 Å². The highest BCUT2D eigenvalue weighted by atomic mass is 16.5. The Kier molecular flexibility index (Phi) is 4.23. The Hall–Kier alpha value is -2.56. The summed E-state index contributed by atoms with van der Waals surface area (Å²) in [7, 11) is 0. The number of hydrogen-bond acceptors (Lipinski definition) is 7. The van der Waals surface area contributed by atoms with Crippen LogP contribution in [0.5, 0.6) is 0 Å². The molecule has 1 saturated heterocycles. The second-order valence-electron chi connectivity index (χ2n) is 4.98. The Bertz CT molecular complexity index is 688. The van der Waals surface area contributed by atoms with Gasteiger partial charge < -0.3 is 15.4 Å². The van der Waals surface area contributed by atoms with Gasteiger partial charge in [0.25, 0.3) is 0 Å². The molecule has 0 aliphatic carbocycles. The smallest absolute Gasteiger partial charge is 0.140 e. The molecule has 2 aromatic rings. The first-order valence-corrected chi connectivity index (χ1v) is 7.04. The van der Waals surface area contributed by atoms with E-state index in [0.29, 0.717) is 23.9 Å². The van der Waals surface area contributed by atoms with Gasteiger partial charge in [-0.3, -0.25) is 0 Å². The molecular formula is C15H16N6O. The highest BCUT2D eigenvalue weighted by Gasteiger charge is 2.17. The minimum atomic E-state index is 0.0788. The molecule has 7 heteroatoms. The van der Waals surface area contributed by atoms with Gasteiger partial charge in [-0.15, -0.1) is 0 Å². The van der Waals surface area contributed by atoms with E-state index in [0.717, 1.165) is 24.5 Å². The first-order valence-electron chi connectivity index (χ1n) is 7.04. The van der Waals surface area contributed by atoms with Gasteiger partial charge in [0.05, 0.1) is 36.8 Å². The fourth-order valence-electron chi connectivity index (χ4n) is 2.27. The first kappa shape index (κ1) is 14.4. The predicted octanol–water partition coefficient (Wildman–Crippen LogP) is 1.46. The molecule has 0 amide bonds. The summed E-state index contributed by atoms with van der Waals surface area (Å²) >= 11 is 0. The SMILES string of the molecule is Cc1nc(Nc2ccc(C#N)nc2)cc(C2COCCN2)n1. The number of aromatic nitrogens is 3. The van der Waals surface area contributed by atoms with Crippen molar-refractivity contribution in [2.24, 2.45) is 0 Å². The lowest BCUT2D eigenvalue weighted by molar-refractivity contribution is 0.0755. The number of anilines is 2. The van der Waals surface area contributed by atoms with Gasteiger partial charge in [-0.05, 0) is 19.1 Å².